The molecule has 0 spiro atoms. The molecule has 0 saturated heterocycles. The fraction of sp³-hybridized carbons (Fsp3) is 1.00. The zero-order valence-electron chi connectivity index (χ0n) is 9.83. The van der Waals surface area contributed by atoms with E-state index in [9.17, 15) is 0 Å². The SMILES string of the molecule is CC(C)(C)CCNC1(CCl)CCCC1. The number of hydrogen-bond acceptors (Lipinski definition) is 1. The van der Waals surface area contributed by atoms with Gasteiger partial charge < -0.3 is 5.32 Å². The predicted molar refractivity (Wildman–Crippen MR) is 64.0 cm³/mol. The first-order valence-corrected chi connectivity index (χ1v) is 6.32. The predicted octanol–water partition coefficient (Wildman–Crippen LogP) is 3.56. The van der Waals surface area contributed by atoms with Crippen molar-refractivity contribution >= 4 is 11.6 Å². The van der Waals surface area contributed by atoms with Gasteiger partial charge in [-0.1, -0.05) is 33.6 Å². The Bertz CT molecular complexity index is 166. The van der Waals surface area contributed by atoms with Crippen molar-refractivity contribution in [3.63, 3.8) is 0 Å². The van der Waals surface area contributed by atoms with E-state index in [1.54, 1.807) is 0 Å². The van der Waals surface area contributed by atoms with Crippen LogP contribution in [0.4, 0.5) is 0 Å². The van der Waals surface area contributed by atoms with Gasteiger partial charge in [-0.2, -0.15) is 0 Å². The van der Waals surface area contributed by atoms with Gasteiger partial charge in [0.15, 0.2) is 0 Å². The maximum atomic E-state index is 6.05. The summed E-state index contributed by atoms with van der Waals surface area (Å²) in [5, 5.41) is 3.67. The Morgan fingerprint density at radius 2 is 1.79 bits per heavy atom. The quantitative estimate of drug-likeness (QED) is 0.711. The van der Waals surface area contributed by atoms with E-state index in [0.717, 1.165) is 12.4 Å². The van der Waals surface area contributed by atoms with Crippen molar-refractivity contribution in [2.45, 2.75) is 58.4 Å². The van der Waals surface area contributed by atoms with Gasteiger partial charge in [0, 0.05) is 11.4 Å². The van der Waals surface area contributed by atoms with Crippen LogP contribution in [0.3, 0.4) is 0 Å². The first kappa shape index (κ1) is 12.3. The van der Waals surface area contributed by atoms with Crippen molar-refractivity contribution in [2.24, 2.45) is 5.41 Å². The smallest absolute Gasteiger partial charge is 0.0406 e. The van der Waals surface area contributed by atoms with Crippen LogP contribution in [-0.2, 0) is 0 Å². The molecule has 14 heavy (non-hydrogen) atoms. The highest BCUT2D eigenvalue weighted by molar-refractivity contribution is 6.18. The van der Waals surface area contributed by atoms with Gasteiger partial charge in [-0.15, -0.1) is 11.6 Å². The lowest BCUT2D eigenvalue weighted by atomic mass is 9.91. The molecule has 1 fully saturated rings. The second kappa shape index (κ2) is 4.85. The van der Waals surface area contributed by atoms with E-state index in [0.29, 0.717) is 5.41 Å². The van der Waals surface area contributed by atoms with Crippen molar-refractivity contribution in [1.82, 2.24) is 5.32 Å². The summed E-state index contributed by atoms with van der Waals surface area (Å²) in [5.41, 5.74) is 0.700. The van der Waals surface area contributed by atoms with Gasteiger partial charge in [0.1, 0.15) is 0 Å². The van der Waals surface area contributed by atoms with E-state index in [1.165, 1.54) is 32.1 Å². The van der Waals surface area contributed by atoms with Gasteiger partial charge in [0.2, 0.25) is 0 Å². The average Bonchev–Trinajstić information content (AvgIpc) is 2.52. The van der Waals surface area contributed by atoms with E-state index in [4.69, 9.17) is 11.6 Å². The molecule has 1 nitrogen and oxygen atoms in total. The highest BCUT2D eigenvalue weighted by Gasteiger charge is 2.32. The summed E-state index contributed by atoms with van der Waals surface area (Å²) in [6.07, 6.45) is 6.44. The van der Waals surface area contributed by atoms with Crippen molar-refractivity contribution in [1.29, 1.82) is 0 Å². The van der Waals surface area contributed by atoms with E-state index in [1.807, 2.05) is 0 Å². The molecule has 0 radical (unpaired) electrons. The number of nitrogens with one attached hydrogen (secondary N) is 1. The third kappa shape index (κ3) is 3.78. The minimum absolute atomic E-state index is 0.271. The largest absolute Gasteiger partial charge is 0.310 e. The summed E-state index contributed by atoms with van der Waals surface area (Å²) >= 11 is 6.05. The second-order valence-corrected chi connectivity index (χ2v) is 6.13. The number of alkyl halides is 1. The van der Waals surface area contributed by atoms with Crippen molar-refractivity contribution in [3.8, 4) is 0 Å². The van der Waals surface area contributed by atoms with Crippen molar-refractivity contribution in [3.05, 3.63) is 0 Å². The molecule has 1 rings (SSSR count). The Balaban J connectivity index is 2.28. The van der Waals surface area contributed by atoms with Gasteiger partial charge in [0.25, 0.3) is 0 Å². The van der Waals surface area contributed by atoms with Gasteiger partial charge >= 0.3 is 0 Å². The third-order valence-corrected chi connectivity index (χ3v) is 3.70. The Kier molecular flexibility index (Phi) is 4.27. The second-order valence-electron chi connectivity index (χ2n) is 5.86. The summed E-state index contributed by atoms with van der Waals surface area (Å²) in [7, 11) is 0. The minimum Gasteiger partial charge on any atom is -0.310 e. The lowest BCUT2D eigenvalue weighted by molar-refractivity contribution is 0.311. The van der Waals surface area contributed by atoms with Crippen LogP contribution in [0.5, 0.6) is 0 Å². The molecule has 1 N–H and O–H groups in total. The molecule has 0 bridgehead atoms. The molecule has 1 aliphatic rings. The highest BCUT2D eigenvalue weighted by Crippen LogP contribution is 2.31. The third-order valence-electron chi connectivity index (χ3n) is 3.19. The minimum atomic E-state index is 0.271. The maximum absolute atomic E-state index is 6.05. The molecule has 0 aromatic heterocycles. The topological polar surface area (TPSA) is 12.0 Å². The fourth-order valence-electron chi connectivity index (χ4n) is 2.11. The molecule has 2 heteroatoms. The highest BCUT2D eigenvalue weighted by atomic mass is 35.5. The monoisotopic (exact) mass is 217 g/mol. The Morgan fingerprint density at radius 3 is 2.21 bits per heavy atom. The number of hydrogen-bond donors (Lipinski definition) is 1. The van der Waals surface area contributed by atoms with Crippen LogP contribution in [0.2, 0.25) is 0 Å². The summed E-state index contributed by atoms with van der Waals surface area (Å²) in [5.74, 6) is 0.775. The average molecular weight is 218 g/mol. The summed E-state index contributed by atoms with van der Waals surface area (Å²) in [6.45, 7) is 7.97. The van der Waals surface area contributed by atoms with Gasteiger partial charge in [0.05, 0.1) is 0 Å². The van der Waals surface area contributed by atoms with Gasteiger partial charge in [-0.3, -0.25) is 0 Å². The first-order chi connectivity index (χ1) is 6.47. The fourth-order valence-corrected chi connectivity index (χ4v) is 2.47. The van der Waals surface area contributed by atoms with E-state index >= 15 is 0 Å². The van der Waals surface area contributed by atoms with Crippen LogP contribution < -0.4 is 5.32 Å². The van der Waals surface area contributed by atoms with Crippen molar-refractivity contribution in [2.75, 3.05) is 12.4 Å². The molecule has 0 aromatic rings. The van der Waals surface area contributed by atoms with E-state index in [2.05, 4.69) is 26.1 Å². The van der Waals surface area contributed by atoms with E-state index < -0.39 is 0 Å². The van der Waals surface area contributed by atoms with E-state index in [-0.39, 0.29) is 5.54 Å². The van der Waals surface area contributed by atoms with Crippen LogP contribution in [0.15, 0.2) is 0 Å². The Morgan fingerprint density at radius 1 is 1.21 bits per heavy atom. The maximum Gasteiger partial charge on any atom is 0.0406 e. The van der Waals surface area contributed by atoms with Crippen LogP contribution in [-0.4, -0.2) is 18.0 Å². The van der Waals surface area contributed by atoms with Crippen LogP contribution in [0, 0.1) is 5.41 Å². The molecule has 0 amide bonds. The summed E-state index contributed by atoms with van der Waals surface area (Å²) in [4.78, 5) is 0. The molecule has 0 aromatic carbocycles. The molecule has 0 aliphatic heterocycles. The molecule has 0 unspecified atom stereocenters. The van der Waals surface area contributed by atoms with Crippen LogP contribution in [0.25, 0.3) is 0 Å². The molecule has 1 aliphatic carbocycles. The Labute approximate surface area is 93.6 Å². The first-order valence-electron chi connectivity index (χ1n) is 5.79. The molecular weight excluding hydrogens is 194 g/mol. The van der Waals surface area contributed by atoms with Gasteiger partial charge in [-0.25, -0.2) is 0 Å². The molecule has 0 heterocycles. The molecule has 0 atom stereocenters. The molecule has 84 valence electrons. The number of rotatable bonds is 4. The standard InChI is InChI=1S/C12H24ClN/c1-11(2,3)8-9-14-12(10-13)6-4-5-7-12/h14H,4-10H2,1-3H3. The summed E-state index contributed by atoms with van der Waals surface area (Å²) in [6, 6.07) is 0. The number of halogens is 1. The van der Waals surface area contributed by atoms with Crippen molar-refractivity contribution < 1.29 is 0 Å². The normalized spacial score (nSPS) is 21.4. The van der Waals surface area contributed by atoms with Crippen LogP contribution in [0.1, 0.15) is 52.9 Å². The molecular formula is C12H24ClN. The molecule has 1 saturated carbocycles. The lowest BCUT2D eigenvalue weighted by Crippen LogP contribution is -2.45. The van der Waals surface area contributed by atoms with Gasteiger partial charge in [-0.05, 0) is 31.2 Å². The van der Waals surface area contributed by atoms with Crippen LogP contribution >= 0.6 is 11.6 Å². The lowest BCUT2D eigenvalue weighted by Gasteiger charge is -2.30. The Hall–Kier alpha value is 0.250. The zero-order valence-corrected chi connectivity index (χ0v) is 10.6. The zero-order chi connectivity index (χ0) is 10.7. The summed E-state index contributed by atoms with van der Waals surface area (Å²) < 4.78 is 0.